The first-order chi connectivity index (χ1) is 7.33. The third-order valence-electron chi connectivity index (χ3n) is 1.75. The molecule has 0 saturated carbocycles. The molecule has 0 fully saturated rings. The molecule has 1 aromatic rings. The van der Waals surface area contributed by atoms with Gasteiger partial charge in [0.1, 0.15) is 0 Å². The number of benzene rings is 1. The summed E-state index contributed by atoms with van der Waals surface area (Å²) in [7, 11) is -3.67. The number of nitrogens with two attached hydrogens (primary N) is 1. The number of hydrazine groups is 1. The number of sulfonamides is 1. The second-order valence-corrected chi connectivity index (χ2v) is 6.01. The molecule has 88 valence electrons. The Morgan fingerprint density at radius 3 is 2.69 bits per heavy atom. The van der Waals surface area contributed by atoms with E-state index < -0.39 is 10.0 Å². The number of nitrogens with one attached hydrogen (secondary N) is 2. The number of aryl methyl sites for hydroxylation is 1. The molecule has 0 spiro atoms. The van der Waals surface area contributed by atoms with E-state index in [0.717, 1.165) is 0 Å². The Morgan fingerprint density at radius 2 is 2.12 bits per heavy atom. The second kappa shape index (κ2) is 5.09. The first-order valence-corrected chi connectivity index (χ1v) is 6.85. The largest absolute Gasteiger partial charge is 0.375 e. The quantitative estimate of drug-likeness (QED) is 0.565. The van der Waals surface area contributed by atoms with E-state index in [1.54, 1.807) is 19.1 Å². The van der Waals surface area contributed by atoms with Crippen LogP contribution < -0.4 is 16.0 Å². The summed E-state index contributed by atoms with van der Waals surface area (Å²) < 4.78 is 24.3. The second-order valence-electron chi connectivity index (χ2n) is 3.00. The lowest BCUT2D eigenvalue weighted by Crippen LogP contribution is -2.44. The first kappa shape index (κ1) is 13.4. The van der Waals surface area contributed by atoms with Gasteiger partial charge in [0.25, 0.3) is 10.0 Å². The summed E-state index contributed by atoms with van der Waals surface area (Å²) in [5.41, 5.74) is 7.94. The van der Waals surface area contributed by atoms with Gasteiger partial charge in [0.05, 0.1) is 4.90 Å². The summed E-state index contributed by atoms with van der Waals surface area (Å²) in [6, 6.07) is 4.95. The predicted molar refractivity (Wildman–Crippen MR) is 69.1 cm³/mol. The number of hydrogen-bond acceptors (Lipinski definition) is 3. The zero-order valence-electron chi connectivity index (χ0n) is 8.32. The molecule has 0 aliphatic carbocycles. The molecule has 1 rings (SSSR count). The molecule has 0 aromatic heterocycles. The summed E-state index contributed by atoms with van der Waals surface area (Å²) in [5, 5.41) is -0.142. The maximum Gasteiger partial charge on any atom is 0.257 e. The van der Waals surface area contributed by atoms with Gasteiger partial charge in [-0.25, -0.2) is 8.42 Å². The minimum atomic E-state index is -3.67. The van der Waals surface area contributed by atoms with Crippen molar-refractivity contribution in [3.05, 3.63) is 28.2 Å². The Hall–Kier alpha value is -0.700. The van der Waals surface area contributed by atoms with Gasteiger partial charge in [-0.3, -0.25) is 5.43 Å². The van der Waals surface area contributed by atoms with Crippen LogP contribution in [-0.2, 0) is 10.0 Å². The van der Waals surface area contributed by atoms with Crippen molar-refractivity contribution in [2.45, 2.75) is 11.8 Å². The first-order valence-electron chi connectivity index (χ1n) is 4.16. The maximum absolute atomic E-state index is 11.8. The molecule has 0 aliphatic rings. The van der Waals surface area contributed by atoms with Crippen molar-refractivity contribution >= 4 is 43.3 Å². The zero-order valence-corrected chi connectivity index (χ0v) is 11.5. The SMILES string of the molecule is Cc1ccc(Br)cc1S(=O)(=O)NNC(N)=S. The fourth-order valence-electron chi connectivity index (χ4n) is 1.04. The van der Waals surface area contributed by atoms with Crippen molar-refractivity contribution in [3.63, 3.8) is 0 Å². The van der Waals surface area contributed by atoms with Crippen LogP contribution in [0.1, 0.15) is 5.56 Å². The number of thiocarbonyl (C=S) groups is 1. The molecule has 0 bridgehead atoms. The molecule has 1 aromatic carbocycles. The van der Waals surface area contributed by atoms with Gasteiger partial charge in [0, 0.05) is 4.47 Å². The van der Waals surface area contributed by atoms with E-state index in [4.69, 9.17) is 5.73 Å². The number of hydrogen-bond donors (Lipinski definition) is 3. The van der Waals surface area contributed by atoms with E-state index in [1.165, 1.54) is 6.07 Å². The van der Waals surface area contributed by atoms with Crippen molar-refractivity contribution in [2.75, 3.05) is 0 Å². The molecule has 0 saturated heterocycles. The maximum atomic E-state index is 11.8. The smallest absolute Gasteiger partial charge is 0.257 e. The molecular formula is C8H10BrN3O2S2. The highest BCUT2D eigenvalue weighted by Gasteiger charge is 2.16. The summed E-state index contributed by atoms with van der Waals surface area (Å²) in [4.78, 5) is 2.24. The highest BCUT2D eigenvalue weighted by Crippen LogP contribution is 2.19. The van der Waals surface area contributed by atoms with Gasteiger partial charge >= 0.3 is 0 Å². The molecule has 5 nitrogen and oxygen atoms in total. The fourth-order valence-corrected chi connectivity index (χ4v) is 2.79. The average Bonchev–Trinajstić information content (AvgIpc) is 2.19. The van der Waals surface area contributed by atoms with E-state index in [-0.39, 0.29) is 10.0 Å². The van der Waals surface area contributed by atoms with E-state index in [9.17, 15) is 8.42 Å². The van der Waals surface area contributed by atoms with Gasteiger partial charge < -0.3 is 5.73 Å². The summed E-state index contributed by atoms with van der Waals surface area (Å²) in [6.45, 7) is 1.70. The van der Waals surface area contributed by atoms with Crippen LogP contribution in [0, 0.1) is 6.92 Å². The fraction of sp³-hybridized carbons (Fsp3) is 0.125. The van der Waals surface area contributed by atoms with Gasteiger partial charge in [-0.15, -0.1) is 4.83 Å². The third-order valence-corrected chi connectivity index (χ3v) is 3.73. The van der Waals surface area contributed by atoms with Crippen LogP contribution in [0.2, 0.25) is 0 Å². The monoisotopic (exact) mass is 323 g/mol. The highest BCUT2D eigenvalue weighted by molar-refractivity contribution is 9.10. The lowest BCUT2D eigenvalue weighted by atomic mass is 10.2. The Kier molecular flexibility index (Phi) is 4.25. The van der Waals surface area contributed by atoms with Crippen LogP contribution in [0.15, 0.2) is 27.6 Å². The number of halogens is 1. The Labute approximate surface area is 108 Å². The molecule has 16 heavy (non-hydrogen) atoms. The normalized spacial score (nSPS) is 11.1. The molecule has 0 amide bonds. The van der Waals surface area contributed by atoms with Gasteiger partial charge in [0.2, 0.25) is 0 Å². The molecule has 4 N–H and O–H groups in total. The van der Waals surface area contributed by atoms with Crippen molar-refractivity contribution in [2.24, 2.45) is 5.73 Å². The Bertz CT molecular complexity index is 516. The summed E-state index contributed by atoms with van der Waals surface area (Å²) in [5.74, 6) is 0. The van der Waals surface area contributed by atoms with Crippen LogP contribution in [0.25, 0.3) is 0 Å². The van der Waals surface area contributed by atoms with Gasteiger partial charge in [-0.2, -0.15) is 0 Å². The van der Waals surface area contributed by atoms with E-state index in [1.807, 2.05) is 0 Å². The standard InChI is InChI=1S/C8H10BrN3O2S2/c1-5-2-3-6(9)4-7(5)16(13,14)12-11-8(10)15/h2-4,12H,1H3,(H3,10,11,15). The van der Waals surface area contributed by atoms with Crippen LogP contribution in [0.3, 0.4) is 0 Å². The highest BCUT2D eigenvalue weighted by atomic mass is 79.9. The Balaban J connectivity index is 3.07. The zero-order chi connectivity index (χ0) is 12.3. The minimum absolute atomic E-state index is 0.142. The summed E-state index contributed by atoms with van der Waals surface area (Å²) >= 11 is 7.71. The van der Waals surface area contributed by atoms with Crippen molar-refractivity contribution in [1.29, 1.82) is 0 Å². The summed E-state index contributed by atoms with van der Waals surface area (Å²) in [6.07, 6.45) is 0. The van der Waals surface area contributed by atoms with Gasteiger partial charge in [-0.05, 0) is 36.8 Å². The number of rotatable bonds is 3. The molecule has 0 radical (unpaired) electrons. The minimum Gasteiger partial charge on any atom is -0.375 e. The van der Waals surface area contributed by atoms with Crippen molar-refractivity contribution < 1.29 is 8.42 Å². The molecule has 0 heterocycles. The van der Waals surface area contributed by atoms with E-state index in [0.29, 0.717) is 10.0 Å². The topological polar surface area (TPSA) is 84.2 Å². The van der Waals surface area contributed by atoms with Crippen LogP contribution in [0.4, 0.5) is 0 Å². The van der Waals surface area contributed by atoms with Gasteiger partial charge in [-0.1, -0.05) is 22.0 Å². The predicted octanol–water partition coefficient (Wildman–Crippen LogP) is 0.784. The third kappa shape index (κ3) is 3.41. The van der Waals surface area contributed by atoms with E-state index >= 15 is 0 Å². The van der Waals surface area contributed by atoms with Crippen molar-refractivity contribution in [3.8, 4) is 0 Å². The van der Waals surface area contributed by atoms with Crippen molar-refractivity contribution in [1.82, 2.24) is 10.3 Å². The van der Waals surface area contributed by atoms with Crippen LogP contribution >= 0.6 is 28.1 Å². The Morgan fingerprint density at radius 1 is 1.50 bits per heavy atom. The lowest BCUT2D eigenvalue weighted by molar-refractivity contribution is 0.577. The molecule has 0 atom stereocenters. The molecule has 0 unspecified atom stereocenters. The average molecular weight is 324 g/mol. The lowest BCUT2D eigenvalue weighted by Gasteiger charge is -2.10. The van der Waals surface area contributed by atoms with E-state index in [2.05, 4.69) is 38.4 Å². The molecule has 0 aliphatic heterocycles. The molecule has 8 heteroatoms. The molecular weight excluding hydrogens is 314 g/mol. The van der Waals surface area contributed by atoms with Gasteiger partial charge in [0.15, 0.2) is 5.11 Å². The van der Waals surface area contributed by atoms with Crippen LogP contribution in [0.5, 0.6) is 0 Å². The van der Waals surface area contributed by atoms with Crippen LogP contribution in [-0.4, -0.2) is 13.5 Å².